The Bertz CT molecular complexity index is 653. The van der Waals surface area contributed by atoms with Crippen molar-refractivity contribution in [3.63, 3.8) is 0 Å². The molecule has 3 rings (SSSR count). The average Bonchev–Trinajstić information content (AvgIpc) is 2.77. The van der Waals surface area contributed by atoms with Gasteiger partial charge in [0.25, 0.3) is 0 Å². The fraction of sp³-hybridized carbons (Fsp3) is 0.167. The van der Waals surface area contributed by atoms with E-state index in [2.05, 4.69) is 36.5 Å². The Morgan fingerprint density at radius 1 is 1.33 bits per heavy atom. The number of nitrogens with one attached hydrogen (secondary N) is 3. The Kier molecular flexibility index (Phi) is 2.89. The molecule has 1 aliphatic rings. The van der Waals surface area contributed by atoms with Gasteiger partial charge in [-0.3, -0.25) is 0 Å². The first-order valence-corrected chi connectivity index (χ1v) is 6.37. The quantitative estimate of drug-likeness (QED) is 0.792. The lowest BCUT2D eigenvalue weighted by atomic mass is 10.2. The van der Waals surface area contributed by atoms with E-state index >= 15 is 0 Å². The van der Waals surface area contributed by atoms with Crippen molar-refractivity contribution in [2.45, 2.75) is 13.1 Å². The Morgan fingerprint density at radius 2 is 2.22 bits per heavy atom. The van der Waals surface area contributed by atoms with Gasteiger partial charge in [0.1, 0.15) is 5.82 Å². The van der Waals surface area contributed by atoms with E-state index in [1.54, 1.807) is 0 Å². The Labute approximate surface area is 112 Å². The highest BCUT2D eigenvalue weighted by atomic mass is 79.9. The van der Waals surface area contributed by atoms with E-state index in [-0.39, 0.29) is 5.69 Å². The van der Waals surface area contributed by atoms with Gasteiger partial charge in [-0.05, 0) is 18.2 Å². The summed E-state index contributed by atoms with van der Waals surface area (Å²) in [6.45, 7) is 1.40. The molecule has 0 saturated heterocycles. The maximum atomic E-state index is 11.5. The van der Waals surface area contributed by atoms with Crippen molar-refractivity contribution in [3.8, 4) is 0 Å². The molecule has 0 saturated carbocycles. The van der Waals surface area contributed by atoms with E-state index in [9.17, 15) is 4.79 Å². The lowest BCUT2D eigenvalue weighted by molar-refractivity contribution is 0.757. The minimum atomic E-state index is -0.324. The summed E-state index contributed by atoms with van der Waals surface area (Å²) in [5, 5.41) is 6.38. The number of anilines is 2. The van der Waals surface area contributed by atoms with E-state index in [0.717, 1.165) is 28.0 Å². The van der Waals surface area contributed by atoms with Crippen LogP contribution in [0.3, 0.4) is 0 Å². The molecule has 0 unspecified atom stereocenters. The summed E-state index contributed by atoms with van der Waals surface area (Å²) >= 11 is 3.41. The molecule has 0 radical (unpaired) electrons. The van der Waals surface area contributed by atoms with Crippen LogP contribution in [0, 0.1) is 0 Å². The molecular formula is C12H11BrN4O. The van der Waals surface area contributed by atoms with Gasteiger partial charge in [0.05, 0.1) is 0 Å². The highest BCUT2D eigenvalue weighted by molar-refractivity contribution is 9.10. The molecule has 6 heteroatoms. The molecular weight excluding hydrogens is 296 g/mol. The van der Waals surface area contributed by atoms with Crippen molar-refractivity contribution in [2.24, 2.45) is 0 Å². The summed E-state index contributed by atoms with van der Waals surface area (Å²) in [5.41, 5.74) is 2.51. The van der Waals surface area contributed by atoms with Crippen LogP contribution in [0.4, 0.5) is 11.5 Å². The molecule has 0 fully saturated rings. The number of aromatic nitrogens is 2. The van der Waals surface area contributed by atoms with Gasteiger partial charge in [0.2, 0.25) is 0 Å². The molecule has 0 atom stereocenters. The Balaban J connectivity index is 2.00. The molecule has 5 nitrogen and oxygen atoms in total. The van der Waals surface area contributed by atoms with Gasteiger partial charge in [-0.1, -0.05) is 22.0 Å². The van der Waals surface area contributed by atoms with Gasteiger partial charge in [0, 0.05) is 34.5 Å². The molecule has 0 bridgehead atoms. The lowest BCUT2D eigenvalue weighted by Crippen LogP contribution is -2.16. The highest BCUT2D eigenvalue weighted by Crippen LogP contribution is 2.24. The summed E-state index contributed by atoms with van der Waals surface area (Å²) in [7, 11) is 0. The van der Waals surface area contributed by atoms with Gasteiger partial charge in [-0.2, -0.15) is 4.98 Å². The van der Waals surface area contributed by atoms with Crippen molar-refractivity contribution < 1.29 is 0 Å². The summed E-state index contributed by atoms with van der Waals surface area (Å²) < 4.78 is 0.979. The van der Waals surface area contributed by atoms with Crippen molar-refractivity contribution in [1.29, 1.82) is 0 Å². The van der Waals surface area contributed by atoms with Crippen LogP contribution in [0.1, 0.15) is 11.3 Å². The fourth-order valence-corrected chi connectivity index (χ4v) is 2.40. The van der Waals surface area contributed by atoms with Crippen LogP contribution in [0.25, 0.3) is 0 Å². The SMILES string of the molecule is O=c1nc(Nc2cccc(Br)c2)c2c([nH]1)CNC2. The maximum absolute atomic E-state index is 11.5. The standard InChI is InChI=1S/C12H11BrN4O/c13-7-2-1-3-8(4-7)15-11-9-5-14-6-10(9)16-12(18)17-11/h1-4,14H,5-6H2,(H2,15,16,17,18). The van der Waals surface area contributed by atoms with E-state index in [1.165, 1.54) is 0 Å². The predicted octanol–water partition coefficient (Wildman–Crippen LogP) is 1.88. The summed E-state index contributed by atoms with van der Waals surface area (Å²) in [6.07, 6.45) is 0. The first kappa shape index (κ1) is 11.4. The minimum Gasteiger partial charge on any atom is -0.340 e. The third kappa shape index (κ3) is 2.16. The van der Waals surface area contributed by atoms with Crippen LogP contribution in [0.2, 0.25) is 0 Å². The molecule has 1 aromatic carbocycles. The van der Waals surface area contributed by atoms with E-state index in [4.69, 9.17) is 0 Å². The van der Waals surface area contributed by atoms with Crippen LogP contribution in [0.15, 0.2) is 33.5 Å². The lowest BCUT2D eigenvalue weighted by Gasteiger charge is -2.09. The zero-order chi connectivity index (χ0) is 12.5. The topological polar surface area (TPSA) is 69.8 Å². The first-order valence-electron chi connectivity index (χ1n) is 5.58. The summed E-state index contributed by atoms with van der Waals surface area (Å²) in [6, 6.07) is 7.75. The van der Waals surface area contributed by atoms with Crippen LogP contribution in [-0.2, 0) is 13.1 Å². The van der Waals surface area contributed by atoms with Crippen LogP contribution < -0.4 is 16.3 Å². The molecule has 1 aromatic heterocycles. The number of aromatic amines is 1. The Hall–Kier alpha value is -1.66. The maximum Gasteiger partial charge on any atom is 0.347 e. The predicted molar refractivity (Wildman–Crippen MR) is 72.8 cm³/mol. The van der Waals surface area contributed by atoms with Crippen LogP contribution in [0.5, 0.6) is 0 Å². The second kappa shape index (κ2) is 4.55. The number of benzene rings is 1. The van der Waals surface area contributed by atoms with Crippen molar-refractivity contribution in [1.82, 2.24) is 15.3 Å². The average molecular weight is 307 g/mol. The molecule has 2 heterocycles. The van der Waals surface area contributed by atoms with E-state index < -0.39 is 0 Å². The van der Waals surface area contributed by atoms with Crippen LogP contribution in [-0.4, -0.2) is 9.97 Å². The molecule has 0 spiro atoms. The number of H-pyrrole nitrogens is 1. The molecule has 2 aromatic rings. The first-order chi connectivity index (χ1) is 8.72. The Morgan fingerprint density at radius 3 is 3.06 bits per heavy atom. The van der Waals surface area contributed by atoms with E-state index in [1.807, 2.05) is 24.3 Å². The zero-order valence-electron chi connectivity index (χ0n) is 9.46. The fourth-order valence-electron chi connectivity index (χ4n) is 2.00. The third-order valence-electron chi connectivity index (χ3n) is 2.81. The van der Waals surface area contributed by atoms with Crippen molar-refractivity contribution in [3.05, 3.63) is 50.5 Å². The number of hydrogen-bond donors (Lipinski definition) is 3. The van der Waals surface area contributed by atoms with Gasteiger partial charge in [-0.25, -0.2) is 4.79 Å². The smallest absolute Gasteiger partial charge is 0.340 e. The molecule has 18 heavy (non-hydrogen) atoms. The van der Waals surface area contributed by atoms with Gasteiger partial charge in [0.15, 0.2) is 0 Å². The van der Waals surface area contributed by atoms with Crippen molar-refractivity contribution >= 4 is 27.4 Å². The molecule has 0 amide bonds. The highest BCUT2D eigenvalue weighted by Gasteiger charge is 2.17. The second-order valence-corrected chi connectivity index (χ2v) is 5.00. The van der Waals surface area contributed by atoms with Crippen molar-refractivity contribution in [2.75, 3.05) is 5.32 Å². The summed E-state index contributed by atoms with van der Waals surface area (Å²) in [5.74, 6) is 0.622. The summed E-state index contributed by atoms with van der Waals surface area (Å²) in [4.78, 5) is 18.2. The van der Waals surface area contributed by atoms with Gasteiger partial charge < -0.3 is 15.6 Å². The third-order valence-corrected chi connectivity index (χ3v) is 3.31. The second-order valence-electron chi connectivity index (χ2n) is 4.09. The zero-order valence-corrected chi connectivity index (χ0v) is 11.0. The van der Waals surface area contributed by atoms with E-state index in [0.29, 0.717) is 12.4 Å². The minimum absolute atomic E-state index is 0.324. The molecule has 1 aliphatic heterocycles. The monoisotopic (exact) mass is 306 g/mol. The number of halogens is 1. The number of hydrogen-bond acceptors (Lipinski definition) is 4. The molecule has 0 aliphatic carbocycles. The number of nitrogens with zero attached hydrogens (tertiary/aromatic N) is 1. The largest absolute Gasteiger partial charge is 0.347 e. The number of fused-ring (bicyclic) bond motifs is 1. The normalized spacial score (nSPS) is 13.4. The molecule has 92 valence electrons. The van der Waals surface area contributed by atoms with Crippen LogP contribution >= 0.6 is 15.9 Å². The van der Waals surface area contributed by atoms with Gasteiger partial charge in [-0.15, -0.1) is 0 Å². The molecule has 3 N–H and O–H groups in total. The number of rotatable bonds is 2. The van der Waals surface area contributed by atoms with Gasteiger partial charge >= 0.3 is 5.69 Å².